The second-order valence-corrected chi connectivity index (χ2v) is 7.10. The van der Waals surface area contributed by atoms with Crippen LogP contribution >= 0.6 is 23.1 Å². The summed E-state index contributed by atoms with van der Waals surface area (Å²) in [4.78, 5) is 32.7. The standard InChI is InChI=1S/C15H17N5O3S2/c1-4-20-7-16-19-15(20)24-6-9-17-12(21)10-8(3)11(14(22)23-5-2)25-13(10)18-9/h7H,4-6H2,1-3H3,(H,17,18,21). The van der Waals surface area contributed by atoms with Crippen molar-refractivity contribution in [2.75, 3.05) is 6.61 Å². The van der Waals surface area contributed by atoms with Crippen LogP contribution in [-0.2, 0) is 17.0 Å². The number of hydrogen-bond acceptors (Lipinski definition) is 8. The van der Waals surface area contributed by atoms with Gasteiger partial charge in [-0.15, -0.1) is 21.5 Å². The van der Waals surface area contributed by atoms with Gasteiger partial charge in [0.1, 0.15) is 21.9 Å². The van der Waals surface area contributed by atoms with E-state index in [-0.39, 0.29) is 12.2 Å². The van der Waals surface area contributed by atoms with E-state index in [1.54, 1.807) is 20.2 Å². The zero-order valence-corrected chi connectivity index (χ0v) is 15.7. The zero-order chi connectivity index (χ0) is 18.0. The number of thioether (sulfide) groups is 1. The summed E-state index contributed by atoms with van der Waals surface area (Å²) in [7, 11) is 0. The molecule has 0 radical (unpaired) electrons. The number of nitrogens with zero attached hydrogens (tertiary/aromatic N) is 4. The van der Waals surface area contributed by atoms with Crippen LogP contribution < -0.4 is 5.56 Å². The number of nitrogens with one attached hydrogen (secondary N) is 1. The van der Waals surface area contributed by atoms with Gasteiger partial charge in [-0.25, -0.2) is 9.78 Å². The quantitative estimate of drug-likeness (QED) is 0.518. The van der Waals surface area contributed by atoms with E-state index >= 15 is 0 Å². The predicted octanol–water partition coefficient (Wildman–Crippen LogP) is 2.37. The van der Waals surface area contributed by atoms with Gasteiger partial charge in [-0.1, -0.05) is 11.8 Å². The summed E-state index contributed by atoms with van der Waals surface area (Å²) >= 11 is 2.63. The lowest BCUT2D eigenvalue weighted by Gasteiger charge is -2.02. The summed E-state index contributed by atoms with van der Waals surface area (Å²) in [5.74, 6) is 0.564. The number of rotatable bonds is 6. The van der Waals surface area contributed by atoms with Crippen molar-refractivity contribution in [1.82, 2.24) is 24.7 Å². The molecule has 0 atom stereocenters. The topological polar surface area (TPSA) is 103 Å². The van der Waals surface area contributed by atoms with Crippen LogP contribution in [0.15, 0.2) is 16.3 Å². The summed E-state index contributed by atoms with van der Waals surface area (Å²) in [6.07, 6.45) is 1.66. The molecule has 3 rings (SSSR count). The number of aryl methyl sites for hydroxylation is 2. The zero-order valence-electron chi connectivity index (χ0n) is 14.0. The molecule has 0 aliphatic carbocycles. The van der Waals surface area contributed by atoms with E-state index in [1.807, 2.05) is 11.5 Å². The average Bonchev–Trinajstić information content (AvgIpc) is 3.17. The van der Waals surface area contributed by atoms with Gasteiger partial charge >= 0.3 is 5.97 Å². The maximum Gasteiger partial charge on any atom is 0.348 e. The lowest BCUT2D eigenvalue weighted by molar-refractivity contribution is 0.0531. The third-order valence-electron chi connectivity index (χ3n) is 3.57. The first kappa shape index (κ1) is 17.6. The molecule has 0 spiro atoms. The normalized spacial score (nSPS) is 11.2. The first-order valence-corrected chi connectivity index (χ1v) is 9.55. The molecule has 0 saturated carbocycles. The first-order valence-electron chi connectivity index (χ1n) is 7.75. The largest absolute Gasteiger partial charge is 0.462 e. The Morgan fingerprint density at radius 3 is 2.96 bits per heavy atom. The minimum absolute atomic E-state index is 0.248. The molecule has 3 heterocycles. The Hall–Kier alpha value is -2.20. The third-order valence-corrected chi connectivity index (χ3v) is 5.73. The van der Waals surface area contributed by atoms with Crippen LogP contribution in [-0.4, -0.2) is 37.3 Å². The van der Waals surface area contributed by atoms with Crippen molar-refractivity contribution >= 4 is 39.3 Å². The second-order valence-electron chi connectivity index (χ2n) is 5.16. The molecular weight excluding hydrogens is 362 g/mol. The highest BCUT2D eigenvalue weighted by molar-refractivity contribution is 7.98. The Balaban J connectivity index is 1.91. The maximum atomic E-state index is 12.4. The highest BCUT2D eigenvalue weighted by Gasteiger charge is 2.20. The number of hydrogen-bond donors (Lipinski definition) is 1. The number of esters is 1. The number of thiophene rings is 1. The van der Waals surface area contributed by atoms with E-state index in [0.717, 1.165) is 11.7 Å². The van der Waals surface area contributed by atoms with Gasteiger partial charge in [0.05, 0.1) is 17.7 Å². The molecule has 1 N–H and O–H groups in total. The van der Waals surface area contributed by atoms with Crippen molar-refractivity contribution in [3.8, 4) is 0 Å². The Kier molecular flexibility index (Phi) is 5.19. The van der Waals surface area contributed by atoms with Crippen LogP contribution in [0.4, 0.5) is 0 Å². The van der Waals surface area contributed by atoms with Crippen molar-refractivity contribution in [3.05, 3.63) is 32.9 Å². The van der Waals surface area contributed by atoms with Gasteiger partial charge in [-0.05, 0) is 26.3 Å². The molecule has 3 aromatic rings. The second kappa shape index (κ2) is 7.36. The van der Waals surface area contributed by atoms with Crippen molar-refractivity contribution in [1.29, 1.82) is 0 Å². The lowest BCUT2D eigenvalue weighted by atomic mass is 10.2. The molecule has 0 fully saturated rings. The van der Waals surface area contributed by atoms with E-state index in [2.05, 4.69) is 20.2 Å². The van der Waals surface area contributed by atoms with Gasteiger partial charge < -0.3 is 14.3 Å². The number of fused-ring (bicyclic) bond motifs is 1. The number of aromatic amines is 1. The van der Waals surface area contributed by atoms with Gasteiger partial charge in [0.25, 0.3) is 5.56 Å². The molecule has 3 aromatic heterocycles. The minimum Gasteiger partial charge on any atom is -0.462 e. The molecule has 0 saturated heterocycles. The Bertz CT molecular complexity index is 975. The molecule has 0 aromatic carbocycles. The van der Waals surface area contributed by atoms with Crippen LogP contribution in [0.2, 0.25) is 0 Å². The summed E-state index contributed by atoms with van der Waals surface area (Å²) in [6, 6.07) is 0. The highest BCUT2D eigenvalue weighted by Crippen LogP contribution is 2.28. The minimum atomic E-state index is -0.422. The average molecular weight is 379 g/mol. The fourth-order valence-electron chi connectivity index (χ4n) is 2.35. The molecule has 0 aliphatic rings. The highest BCUT2D eigenvalue weighted by atomic mass is 32.2. The summed E-state index contributed by atoms with van der Waals surface area (Å²) in [6.45, 7) is 6.54. The SMILES string of the molecule is CCOC(=O)c1sc2nc(CSc3nncn3CC)[nH]c(=O)c2c1C. The van der Waals surface area contributed by atoms with E-state index < -0.39 is 5.97 Å². The lowest BCUT2D eigenvalue weighted by Crippen LogP contribution is -2.11. The molecular formula is C15H17N5O3S2. The molecule has 0 aliphatic heterocycles. The molecule has 25 heavy (non-hydrogen) atoms. The Labute approximate surface area is 151 Å². The van der Waals surface area contributed by atoms with Crippen molar-refractivity contribution in [3.63, 3.8) is 0 Å². The summed E-state index contributed by atoms with van der Waals surface area (Å²) in [5, 5.41) is 9.13. The van der Waals surface area contributed by atoms with E-state index in [0.29, 0.717) is 32.2 Å². The molecule has 132 valence electrons. The molecule has 8 nitrogen and oxygen atoms in total. The molecule has 0 bridgehead atoms. The fraction of sp³-hybridized carbons (Fsp3) is 0.400. The van der Waals surface area contributed by atoms with Crippen molar-refractivity contribution in [2.45, 2.75) is 38.2 Å². The number of H-pyrrole nitrogens is 1. The van der Waals surface area contributed by atoms with Crippen LogP contribution in [0.1, 0.15) is 34.9 Å². The van der Waals surface area contributed by atoms with Gasteiger partial charge in [0.15, 0.2) is 5.16 Å². The van der Waals surface area contributed by atoms with E-state index in [4.69, 9.17) is 4.74 Å². The van der Waals surface area contributed by atoms with Crippen LogP contribution in [0, 0.1) is 6.92 Å². The smallest absolute Gasteiger partial charge is 0.348 e. The Morgan fingerprint density at radius 1 is 1.44 bits per heavy atom. The van der Waals surface area contributed by atoms with Crippen molar-refractivity contribution < 1.29 is 9.53 Å². The fourth-order valence-corrected chi connectivity index (χ4v) is 4.30. The monoisotopic (exact) mass is 379 g/mol. The molecule has 0 unspecified atom stereocenters. The van der Waals surface area contributed by atoms with Gasteiger partial charge in [0.2, 0.25) is 0 Å². The van der Waals surface area contributed by atoms with Gasteiger partial charge in [-0.2, -0.15) is 0 Å². The van der Waals surface area contributed by atoms with E-state index in [1.165, 1.54) is 23.1 Å². The predicted molar refractivity (Wildman–Crippen MR) is 96.2 cm³/mol. The van der Waals surface area contributed by atoms with Gasteiger partial charge in [-0.3, -0.25) is 4.79 Å². The maximum absolute atomic E-state index is 12.4. The van der Waals surface area contributed by atoms with Crippen LogP contribution in [0.5, 0.6) is 0 Å². The van der Waals surface area contributed by atoms with Crippen LogP contribution in [0.25, 0.3) is 10.2 Å². The van der Waals surface area contributed by atoms with Crippen molar-refractivity contribution in [2.24, 2.45) is 0 Å². The van der Waals surface area contributed by atoms with Gasteiger partial charge in [0, 0.05) is 6.54 Å². The van der Waals surface area contributed by atoms with Crippen LogP contribution in [0.3, 0.4) is 0 Å². The molecule has 0 amide bonds. The number of aromatic nitrogens is 5. The van der Waals surface area contributed by atoms with E-state index in [9.17, 15) is 9.59 Å². The summed E-state index contributed by atoms with van der Waals surface area (Å²) < 4.78 is 6.95. The number of carbonyl (C=O) groups is 1. The summed E-state index contributed by atoms with van der Waals surface area (Å²) in [5.41, 5.74) is 0.360. The third kappa shape index (κ3) is 3.45. The number of ether oxygens (including phenoxy) is 1. The molecule has 10 heteroatoms. The number of carbonyl (C=O) groups excluding carboxylic acids is 1. The Morgan fingerprint density at radius 2 is 2.24 bits per heavy atom. The first-order chi connectivity index (χ1) is 12.0.